The molecule has 1 rings (SSSR count). The lowest BCUT2D eigenvalue weighted by Gasteiger charge is -2.15. The van der Waals surface area contributed by atoms with E-state index in [0.29, 0.717) is 0 Å². The van der Waals surface area contributed by atoms with Crippen LogP contribution in [0, 0.1) is 0 Å². The van der Waals surface area contributed by atoms with E-state index in [1.54, 1.807) is 0 Å². The molecular formula is C18H31NO. The molecular weight excluding hydrogens is 246 g/mol. The molecule has 2 N–H and O–H groups in total. The molecule has 0 unspecified atom stereocenters. The summed E-state index contributed by atoms with van der Waals surface area (Å²) < 4.78 is 5.91. The van der Waals surface area contributed by atoms with Crippen LogP contribution in [0.4, 0.5) is 0 Å². The van der Waals surface area contributed by atoms with E-state index in [2.05, 4.69) is 19.9 Å². The van der Waals surface area contributed by atoms with Crippen molar-refractivity contribution >= 4 is 0 Å². The molecule has 0 fully saturated rings. The average molecular weight is 277 g/mol. The molecule has 0 aliphatic carbocycles. The van der Waals surface area contributed by atoms with E-state index in [9.17, 15) is 0 Å². The largest absolute Gasteiger partial charge is 0.493 e. The fourth-order valence-corrected chi connectivity index (χ4v) is 2.38. The van der Waals surface area contributed by atoms with Gasteiger partial charge in [-0.2, -0.15) is 0 Å². The molecule has 2 heteroatoms. The first kappa shape index (κ1) is 17.0. The van der Waals surface area contributed by atoms with Crippen molar-refractivity contribution in [1.82, 2.24) is 0 Å². The summed E-state index contributed by atoms with van der Waals surface area (Å²) in [5.41, 5.74) is 7.25. The highest BCUT2D eigenvalue weighted by molar-refractivity contribution is 5.35. The van der Waals surface area contributed by atoms with Gasteiger partial charge < -0.3 is 10.5 Å². The first-order valence-electron chi connectivity index (χ1n) is 8.26. The van der Waals surface area contributed by atoms with Crippen molar-refractivity contribution in [2.45, 2.75) is 71.3 Å². The van der Waals surface area contributed by atoms with Gasteiger partial charge in [-0.1, -0.05) is 70.6 Å². The molecule has 0 aliphatic heterocycles. The van der Waals surface area contributed by atoms with Crippen LogP contribution >= 0.6 is 0 Å². The molecule has 1 atom stereocenters. The monoisotopic (exact) mass is 277 g/mol. The van der Waals surface area contributed by atoms with E-state index in [1.807, 2.05) is 18.2 Å². The number of benzene rings is 1. The molecule has 20 heavy (non-hydrogen) atoms. The van der Waals surface area contributed by atoms with E-state index in [-0.39, 0.29) is 6.04 Å². The third-order valence-corrected chi connectivity index (χ3v) is 3.76. The maximum absolute atomic E-state index is 6.11. The van der Waals surface area contributed by atoms with Crippen LogP contribution in [0.25, 0.3) is 0 Å². The van der Waals surface area contributed by atoms with Crippen molar-refractivity contribution in [2.24, 2.45) is 5.73 Å². The van der Waals surface area contributed by atoms with Gasteiger partial charge >= 0.3 is 0 Å². The zero-order valence-corrected chi connectivity index (χ0v) is 13.2. The number of nitrogens with two attached hydrogens (primary N) is 1. The second kappa shape index (κ2) is 10.7. The van der Waals surface area contributed by atoms with Crippen LogP contribution in [0.3, 0.4) is 0 Å². The SMILES string of the molecule is CCCCCCCCCOc1ccccc1[C@@H](N)CC. The van der Waals surface area contributed by atoms with E-state index < -0.39 is 0 Å². The predicted molar refractivity (Wildman–Crippen MR) is 87.1 cm³/mol. The van der Waals surface area contributed by atoms with Gasteiger partial charge in [0.1, 0.15) is 5.75 Å². The lowest BCUT2D eigenvalue weighted by molar-refractivity contribution is 0.299. The standard InChI is InChI=1S/C18H31NO/c1-3-5-6-7-8-9-12-15-20-18-14-11-10-13-16(18)17(19)4-2/h10-11,13-14,17H,3-9,12,15,19H2,1-2H3/t17-/m0/s1. The summed E-state index contributed by atoms with van der Waals surface area (Å²) in [5.74, 6) is 0.966. The summed E-state index contributed by atoms with van der Waals surface area (Å²) in [6, 6.07) is 8.25. The quantitative estimate of drug-likeness (QED) is 0.562. The van der Waals surface area contributed by atoms with Gasteiger partial charge in [0, 0.05) is 11.6 Å². The Hall–Kier alpha value is -1.02. The highest BCUT2D eigenvalue weighted by atomic mass is 16.5. The van der Waals surface area contributed by atoms with Gasteiger partial charge in [-0.25, -0.2) is 0 Å². The Balaban J connectivity index is 2.22. The molecule has 2 nitrogen and oxygen atoms in total. The van der Waals surface area contributed by atoms with Crippen molar-refractivity contribution in [3.8, 4) is 5.75 Å². The molecule has 0 heterocycles. The Bertz CT molecular complexity index is 351. The Morgan fingerprint density at radius 2 is 1.60 bits per heavy atom. The lowest BCUT2D eigenvalue weighted by atomic mass is 10.0. The number of unbranched alkanes of at least 4 members (excludes halogenated alkanes) is 6. The maximum Gasteiger partial charge on any atom is 0.124 e. The van der Waals surface area contributed by atoms with Crippen LogP contribution in [0.5, 0.6) is 5.75 Å². The lowest BCUT2D eigenvalue weighted by Crippen LogP contribution is -2.11. The normalized spacial score (nSPS) is 12.3. The van der Waals surface area contributed by atoms with Gasteiger partial charge in [-0.15, -0.1) is 0 Å². The minimum atomic E-state index is 0.0836. The van der Waals surface area contributed by atoms with E-state index in [0.717, 1.165) is 30.8 Å². The summed E-state index contributed by atoms with van der Waals surface area (Å²) in [5, 5.41) is 0. The summed E-state index contributed by atoms with van der Waals surface area (Å²) >= 11 is 0. The fraction of sp³-hybridized carbons (Fsp3) is 0.667. The minimum Gasteiger partial charge on any atom is -0.493 e. The summed E-state index contributed by atoms with van der Waals surface area (Å²) in [4.78, 5) is 0. The van der Waals surface area contributed by atoms with Crippen LogP contribution in [-0.4, -0.2) is 6.61 Å². The smallest absolute Gasteiger partial charge is 0.124 e. The van der Waals surface area contributed by atoms with Crippen molar-refractivity contribution < 1.29 is 4.74 Å². The molecule has 0 amide bonds. The van der Waals surface area contributed by atoms with Gasteiger partial charge in [0.25, 0.3) is 0 Å². The van der Waals surface area contributed by atoms with Crippen molar-refractivity contribution in [3.05, 3.63) is 29.8 Å². The second-order valence-corrected chi connectivity index (χ2v) is 5.52. The average Bonchev–Trinajstić information content (AvgIpc) is 2.49. The molecule has 0 radical (unpaired) electrons. The van der Waals surface area contributed by atoms with Crippen LogP contribution in [0.1, 0.15) is 76.8 Å². The van der Waals surface area contributed by atoms with Crippen molar-refractivity contribution in [2.75, 3.05) is 6.61 Å². The fourth-order valence-electron chi connectivity index (χ4n) is 2.38. The summed E-state index contributed by atoms with van der Waals surface area (Å²) in [6.45, 7) is 5.17. The highest BCUT2D eigenvalue weighted by Gasteiger charge is 2.09. The molecule has 0 aromatic heterocycles. The Morgan fingerprint density at radius 3 is 2.30 bits per heavy atom. The van der Waals surface area contributed by atoms with E-state index >= 15 is 0 Å². The molecule has 114 valence electrons. The molecule has 0 spiro atoms. The second-order valence-electron chi connectivity index (χ2n) is 5.52. The summed E-state index contributed by atoms with van der Waals surface area (Å²) in [7, 11) is 0. The molecule has 1 aromatic carbocycles. The van der Waals surface area contributed by atoms with Crippen LogP contribution in [0.2, 0.25) is 0 Å². The van der Waals surface area contributed by atoms with E-state index in [4.69, 9.17) is 10.5 Å². The Labute approximate surface area is 124 Å². The third-order valence-electron chi connectivity index (χ3n) is 3.76. The predicted octanol–water partition coefficient (Wildman–Crippen LogP) is 5.23. The number of hydrogen-bond acceptors (Lipinski definition) is 2. The van der Waals surface area contributed by atoms with Gasteiger partial charge in [0.15, 0.2) is 0 Å². The first-order valence-corrected chi connectivity index (χ1v) is 8.26. The highest BCUT2D eigenvalue weighted by Crippen LogP contribution is 2.25. The molecule has 0 saturated carbocycles. The molecule has 0 bridgehead atoms. The van der Waals surface area contributed by atoms with Crippen molar-refractivity contribution in [1.29, 1.82) is 0 Å². The van der Waals surface area contributed by atoms with Gasteiger partial charge in [0.2, 0.25) is 0 Å². The zero-order valence-electron chi connectivity index (χ0n) is 13.2. The molecule has 0 saturated heterocycles. The van der Waals surface area contributed by atoms with Crippen molar-refractivity contribution in [3.63, 3.8) is 0 Å². The van der Waals surface area contributed by atoms with Gasteiger partial charge in [0.05, 0.1) is 6.61 Å². The summed E-state index contributed by atoms with van der Waals surface area (Å²) in [6.07, 6.45) is 10.1. The van der Waals surface area contributed by atoms with Crippen LogP contribution in [0.15, 0.2) is 24.3 Å². The van der Waals surface area contributed by atoms with Crippen LogP contribution in [-0.2, 0) is 0 Å². The van der Waals surface area contributed by atoms with E-state index in [1.165, 1.54) is 38.5 Å². The van der Waals surface area contributed by atoms with Gasteiger partial charge in [-0.3, -0.25) is 0 Å². The number of ether oxygens (including phenoxy) is 1. The number of para-hydroxylation sites is 1. The molecule has 0 aliphatic rings. The third kappa shape index (κ3) is 6.42. The van der Waals surface area contributed by atoms with Gasteiger partial charge in [-0.05, 0) is 18.9 Å². The zero-order chi connectivity index (χ0) is 14.6. The molecule has 1 aromatic rings. The van der Waals surface area contributed by atoms with Crippen LogP contribution < -0.4 is 10.5 Å². The number of hydrogen-bond donors (Lipinski definition) is 1. The first-order chi connectivity index (χ1) is 9.79. The number of rotatable bonds is 11. The minimum absolute atomic E-state index is 0.0836. The maximum atomic E-state index is 6.11. The Kier molecular flexibility index (Phi) is 9.14. The topological polar surface area (TPSA) is 35.2 Å². The Morgan fingerprint density at radius 1 is 0.950 bits per heavy atom.